The van der Waals surface area contributed by atoms with Gasteiger partial charge in [0.05, 0.1) is 0 Å². The van der Waals surface area contributed by atoms with Gasteiger partial charge in [-0.2, -0.15) is 0 Å². The van der Waals surface area contributed by atoms with Crippen LogP contribution in [0.5, 0.6) is 0 Å². The van der Waals surface area contributed by atoms with Crippen molar-refractivity contribution in [2.45, 2.75) is 38.1 Å². The van der Waals surface area contributed by atoms with Crippen LogP contribution in [0.4, 0.5) is 0 Å². The van der Waals surface area contributed by atoms with Crippen LogP contribution in [0.1, 0.15) is 32.6 Å². The molecule has 1 heterocycles. The van der Waals surface area contributed by atoms with Crippen molar-refractivity contribution in [3.05, 3.63) is 12.2 Å². The first-order valence-corrected chi connectivity index (χ1v) is 5.93. The second-order valence-electron chi connectivity index (χ2n) is 4.72. The van der Waals surface area contributed by atoms with E-state index < -0.39 is 0 Å². The molecule has 2 nitrogen and oxygen atoms in total. The van der Waals surface area contributed by atoms with E-state index in [0.717, 1.165) is 6.54 Å². The minimum absolute atomic E-state index is 0.486. The van der Waals surface area contributed by atoms with Crippen LogP contribution in [0.25, 0.3) is 0 Å². The highest BCUT2D eigenvalue weighted by Crippen LogP contribution is 2.31. The summed E-state index contributed by atoms with van der Waals surface area (Å²) in [4.78, 5) is 2.59. The predicted octanol–water partition coefficient (Wildman–Crippen LogP) is 1.78. The van der Waals surface area contributed by atoms with Gasteiger partial charge in [-0.3, -0.25) is 4.90 Å². The topological polar surface area (TPSA) is 15.3 Å². The molecule has 14 heavy (non-hydrogen) atoms. The van der Waals surface area contributed by atoms with Gasteiger partial charge in [0.1, 0.15) is 0 Å². The molecule has 2 aliphatic rings. The van der Waals surface area contributed by atoms with Crippen molar-refractivity contribution in [2.75, 3.05) is 26.2 Å². The van der Waals surface area contributed by atoms with Crippen molar-refractivity contribution < 1.29 is 0 Å². The molecule has 1 aliphatic heterocycles. The van der Waals surface area contributed by atoms with Gasteiger partial charge >= 0.3 is 0 Å². The molecule has 0 aromatic rings. The quantitative estimate of drug-likeness (QED) is 0.674. The highest BCUT2D eigenvalue weighted by atomic mass is 15.2. The first-order valence-electron chi connectivity index (χ1n) is 5.93. The van der Waals surface area contributed by atoms with E-state index in [1.165, 1.54) is 45.3 Å². The first kappa shape index (κ1) is 10.2. The average molecular weight is 194 g/mol. The van der Waals surface area contributed by atoms with Crippen LogP contribution in [0.15, 0.2) is 12.2 Å². The van der Waals surface area contributed by atoms with Crippen LogP contribution >= 0.6 is 0 Å². The van der Waals surface area contributed by atoms with Crippen LogP contribution in [-0.2, 0) is 0 Å². The summed E-state index contributed by atoms with van der Waals surface area (Å²) >= 11 is 0. The molecule has 0 aromatic heterocycles. The van der Waals surface area contributed by atoms with E-state index >= 15 is 0 Å². The molecular weight excluding hydrogens is 172 g/mol. The summed E-state index contributed by atoms with van der Waals surface area (Å²) in [6, 6.07) is 0. The summed E-state index contributed by atoms with van der Waals surface area (Å²) in [5, 5.41) is 3.74. The molecule has 1 N–H and O–H groups in total. The van der Waals surface area contributed by atoms with Crippen molar-refractivity contribution in [1.82, 2.24) is 10.2 Å². The Labute approximate surface area is 87.4 Å². The number of rotatable bonds is 2. The standard InChI is InChI=1S/C12H22N2/c1-2-3-9-14-10-8-13-12(11-14)6-4-5-7-12/h2-3,13H,4-11H2,1H3/b3-2+. The maximum absolute atomic E-state index is 3.74. The van der Waals surface area contributed by atoms with Crippen LogP contribution in [0, 0.1) is 0 Å². The highest BCUT2D eigenvalue weighted by Gasteiger charge is 2.36. The summed E-state index contributed by atoms with van der Waals surface area (Å²) in [5.74, 6) is 0. The SMILES string of the molecule is C/C=C/CN1CCNC2(CCCC2)C1. The molecule has 0 unspecified atom stereocenters. The second-order valence-corrected chi connectivity index (χ2v) is 4.72. The number of nitrogens with zero attached hydrogens (tertiary/aromatic N) is 1. The minimum atomic E-state index is 0.486. The average Bonchev–Trinajstić information content (AvgIpc) is 2.63. The smallest absolute Gasteiger partial charge is 0.0309 e. The van der Waals surface area contributed by atoms with Crippen molar-refractivity contribution in [3.63, 3.8) is 0 Å². The van der Waals surface area contributed by atoms with Gasteiger partial charge in [0, 0.05) is 31.7 Å². The van der Waals surface area contributed by atoms with Crippen molar-refractivity contribution in [3.8, 4) is 0 Å². The van der Waals surface area contributed by atoms with Gasteiger partial charge in [0.2, 0.25) is 0 Å². The Kier molecular flexibility index (Phi) is 3.24. The molecular formula is C12H22N2. The lowest BCUT2D eigenvalue weighted by Gasteiger charge is -2.41. The third kappa shape index (κ3) is 2.18. The van der Waals surface area contributed by atoms with Crippen LogP contribution in [-0.4, -0.2) is 36.6 Å². The Morgan fingerprint density at radius 1 is 1.36 bits per heavy atom. The van der Waals surface area contributed by atoms with Gasteiger partial charge in [-0.05, 0) is 19.8 Å². The minimum Gasteiger partial charge on any atom is -0.309 e. The van der Waals surface area contributed by atoms with E-state index in [0.29, 0.717) is 5.54 Å². The van der Waals surface area contributed by atoms with E-state index in [2.05, 4.69) is 29.3 Å². The Hall–Kier alpha value is -0.340. The van der Waals surface area contributed by atoms with E-state index in [-0.39, 0.29) is 0 Å². The first-order chi connectivity index (χ1) is 6.85. The zero-order valence-corrected chi connectivity index (χ0v) is 9.26. The maximum Gasteiger partial charge on any atom is 0.0309 e. The monoisotopic (exact) mass is 194 g/mol. The fourth-order valence-electron chi connectivity index (χ4n) is 2.84. The molecule has 0 amide bonds. The molecule has 2 rings (SSSR count). The molecule has 2 fully saturated rings. The number of nitrogens with one attached hydrogen (secondary N) is 1. The Bertz CT molecular complexity index is 204. The number of piperazine rings is 1. The normalized spacial score (nSPS) is 27.8. The van der Waals surface area contributed by atoms with Crippen LogP contribution < -0.4 is 5.32 Å². The number of hydrogen-bond acceptors (Lipinski definition) is 2. The van der Waals surface area contributed by atoms with Crippen molar-refractivity contribution >= 4 is 0 Å². The van der Waals surface area contributed by atoms with Crippen molar-refractivity contribution in [2.24, 2.45) is 0 Å². The Morgan fingerprint density at radius 2 is 2.14 bits per heavy atom. The fourth-order valence-corrected chi connectivity index (χ4v) is 2.84. The lowest BCUT2D eigenvalue weighted by Crippen LogP contribution is -2.58. The van der Waals surface area contributed by atoms with Gasteiger partial charge in [-0.15, -0.1) is 0 Å². The molecule has 1 spiro atoms. The Balaban J connectivity index is 1.89. The molecule has 0 atom stereocenters. The summed E-state index contributed by atoms with van der Waals surface area (Å²) in [5.41, 5.74) is 0.486. The van der Waals surface area contributed by atoms with Gasteiger partial charge in [-0.1, -0.05) is 25.0 Å². The molecule has 0 radical (unpaired) electrons. The van der Waals surface area contributed by atoms with Gasteiger partial charge in [0.25, 0.3) is 0 Å². The highest BCUT2D eigenvalue weighted by molar-refractivity contribution is 4.99. The third-order valence-corrected chi connectivity index (χ3v) is 3.61. The lowest BCUT2D eigenvalue weighted by molar-refractivity contribution is 0.147. The van der Waals surface area contributed by atoms with E-state index in [1.54, 1.807) is 0 Å². The molecule has 2 heteroatoms. The van der Waals surface area contributed by atoms with Crippen molar-refractivity contribution in [1.29, 1.82) is 0 Å². The molecule has 1 saturated heterocycles. The second kappa shape index (κ2) is 4.45. The molecule has 80 valence electrons. The summed E-state index contributed by atoms with van der Waals surface area (Å²) in [6.07, 6.45) is 10.0. The van der Waals surface area contributed by atoms with Gasteiger partial charge in [-0.25, -0.2) is 0 Å². The summed E-state index contributed by atoms with van der Waals surface area (Å²) in [7, 11) is 0. The van der Waals surface area contributed by atoms with E-state index in [4.69, 9.17) is 0 Å². The van der Waals surface area contributed by atoms with Crippen LogP contribution in [0.2, 0.25) is 0 Å². The van der Waals surface area contributed by atoms with E-state index in [9.17, 15) is 0 Å². The third-order valence-electron chi connectivity index (χ3n) is 3.61. The summed E-state index contributed by atoms with van der Waals surface area (Å²) in [6.45, 7) is 6.90. The molecule has 1 aliphatic carbocycles. The van der Waals surface area contributed by atoms with Gasteiger partial charge in [0.15, 0.2) is 0 Å². The van der Waals surface area contributed by atoms with Crippen LogP contribution in [0.3, 0.4) is 0 Å². The molecule has 1 saturated carbocycles. The van der Waals surface area contributed by atoms with E-state index in [1.807, 2.05) is 0 Å². The fraction of sp³-hybridized carbons (Fsp3) is 0.833. The maximum atomic E-state index is 3.74. The van der Waals surface area contributed by atoms with Gasteiger partial charge < -0.3 is 5.32 Å². The largest absolute Gasteiger partial charge is 0.309 e. The Morgan fingerprint density at radius 3 is 2.86 bits per heavy atom. The zero-order chi connectivity index (χ0) is 9.86. The lowest BCUT2D eigenvalue weighted by atomic mass is 9.94. The zero-order valence-electron chi connectivity index (χ0n) is 9.26. The number of hydrogen-bond donors (Lipinski definition) is 1. The number of allylic oxidation sites excluding steroid dienone is 1. The molecule has 0 aromatic carbocycles. The summed E-state index contributed by atoms with van der Waals surface area (Å²) < 4.78 is 0. The molecule has 0 bridgehead atoms. The predicted molar refractivity (Wildman–Crippen MR) is 60.5 cm³/mol.